The number of fused-ring (bicyclic) bond motifs is 1. The first-order valence-corrected chi connectivity index (χ1v) is 13.7. The molecule has 3 fully saturated rings. The third-order valence-corrected chi connectivity index (χ3v) is 8.38. The van der Waals surface area contributed by atoms with E-state index in [0.717, 1.165) is 12.8 Å². The third-order valence-electron chi connectivity index (χ3n) is 8.13. The molecular formula is C29H37ClN2O6. The maximum atomic E-state index is 14.4. The monoisotopic (exact) mass is 544 g/mol. The van der Waals surface area contributed by atoms with Crippen molar-refractivity contribution in [3.05, 3.63) is 54.6 Å². The average molecular weight is 545 g/mol. The molecule has 3 saturated heterocycles. The molecule has 8 nitrogen and oxygen atoms in total. The quantitative estimate of drug-likeness (QED) is 0.230. The fraction of sp³-hybridized carbons (Fsp3) is 0.552. The Kier molecular flexibility index (Phi) is 8.65. The summed E-state index contributed by atoms with van der Waals surface area (Å²) < 4.78 is 12.0. The Bertz CT molecular complexity index is 1080. The number of carbonyl (C=O) groups excluding carboxylic acids is 3. The van der Waals surface area contributed by atoms with E-state index in [1.54, 1.807) is 40.1 Å². The lowest BCUT2D eigenvalue weighted by Gasteiger charge is -2.37. The fourth-order valence-corrected chi connectivity index (χ4v) is 6.63. The van der Waals surface area contributed by atoms with Crippen LogP contribution in [-0.2, 0) is 23.9 Å². The molecule has 0 saturated carbocycles. The van der Waals surface area contributed by atoms with Gasteiger partial charge in [-0.05, 0) is 56.9 Å². The Labute approximate surface area is 229 Å². The van der Waals surface area contributed by atoms with E-state index in [1.807, 2.05) is 6.92 Å². The number of halogens is 1. The van der Waals surface area contributed by atoms with Crippen molar-refractivity contribution in [3.63, 3.8) is 0 Å². The number of unbranched alkanes of at least 4 members (excludes halogenated alkanes) is 3. The van der Waals surface area contributed by atoms with Crippen molar-refractivity contribution in [1.29, 1.82) is 0 Å². The number of hydrogen-bond acceptors (Lipinski definition) is 6. The lowest BCUT2D eigenvalue weighted by molar-refractivity contribution is -0.158. The molecular weight excluding hydrogens is 508 g/mol. The van der Waals surface area contributed by atoms with Gasteiger partial charge in [-0.2, -0.15) is 0 Å². The van der Waals surface area contributed by atoms with E-state index in [9.17, 15) is 14.4 Å². The second kappa shape index (κ2) is 11.6. The maximum Gasteiger partial charge on any atom is 0.313 e. The fourth-order valence-electron chi connectivity index (χ4n) is 6.50. The summed E-state index contributed by atoms with van der Waals surface area (Å²) in [6, 6.07) is 6.05. The zero-order chi connectivity index (χ0) is 27.5. The molecule has 0 aromatic heterocycles. The molecule has 9 heteroatoms. The third kappa shape index (κ3) is 4.90. The van der Waals surface area contributed by atoms with Gasteiger partial charge in [-0.25, -0.2) is 0 Å². The van der Waals surface area contributed by atoms with Gasteiger partial charge >= 0.3 is 5.97 Å². The Morgan fingerprint density at radius 3 is 2.55 bits per heavy atom. The van der Waals surface area contributed by atoms with Crippen LogP contribution in [0.15, 0.2) is 49.6 Å². The normalized spacial score (nSPS) is 29.3. The van der Waals surface area contributed by atoms with Crippen LogP contribution in [0.3, 0.4) is 0 Å². The van der Waals surface area contributed by atoms with Crippen LogP contribution < -0.4 is 4.90 Å². The van der Waals surface area contributed by atoms with Crippen molar-refractivity contribution in [3.8, 4) is 0 Å². The summed E-state index contributed by atoms with van der Waals surface area (Å²) in [6.45, 7) is 10.0. The van der Waals surface area contributed by atoms with Crippen LogP contribution in [0.25, 0.3) is 0 Å². The lowest BCUT2D eigenvalue weighted by Crippen LogP contribution is -2.56. The van der Waals surface area contributed by atoms with Crippen molar-refractivity contribution in [2.24, 2.45) is 11.8 Å². The Balaban J connectivity index is 1.72. The number of amides is 2. The van der Waals surface area contributed by atoms with Gasteiger partial charge in [-0.15, -0.1) is 6.58 Å². The van der Waals surface area contributed by atoms with Crippen molar-refractivity contribution in [2.75, 3.05) is 31.2 Å². The number of benzene rings is 1. The van der Waals surface area contributed by atoms with Crippen LogP contribution in [0.4, 0.5) is 5.69 Å². The van der Waals surface area contributed by atoms with Gasteiger partial charge in [0.15, 0.2) is 0 Å². The highest BCUT2D eigenvalue weighted by molar-refractivity contribution is 6.30. The average Bonchev–Trinajstić information content (AvgIpc) is 3.46. The van der Waals surface area contributed by atoms with Crippen molar-refractivity contribution >= 4 is 35.1 Å². The molecule has 1 aromatic rings. The summed E-state index contributed by atoms with van der Waals surface area (Å²) in [7, 11) is 0. The smallest absolute Gasteiger partial charge is 0.313 e. The topological polar surface area (TPSA) is 96.4 Å². The molecule has 5 atom stereocenters. The number of hydrogen-bond donors (Lipinski definition) is 1. The first kappa shape index (κ1) is 28.3. The number of aliphatic hydroxyl groups excluding tert-OH is 1. The number of esters is 1. The first-order valence-electron chi connectivity index (χ1n) is 13.3. The summed E-state index contributed by atoms with van der Waals surface area (Å²) in [6.07, 6.45) is 7.15. The molecule has 38 heavy (non-hydrogen) atoms. The van der Waals surface area contributed by atoms with Crippen LogP contribution in [0, 0.1) is 11.8 Å². The number of aliphatic hydroxyl groups is 1. The van der Waals surface area contributed by atoms with Gasteiger partial charge in [-0.3, -0.25) is 14.4 Å². The van der Waals surface area contributed by atoms with E-state index < -0.39 is 35.0 Å². The molecule has 1 N–H and O–H groups in total. The summed E-state index contributed by atoms with van der Waals surface area (Å²) in [5.74, 6) is -2.63. The van der Waals surface area contributed by atoms with Crippen LogP contribution >= 0.6 is 11.6 Å². The van der Waals surface area contributed by atoms with Gasteiger partial charge < -0.3 is 24.4 Å². The van der Waals surface area contributed by atoms with Crippen LogP contribution in [0.2, 0.25) is 5.02 Å². The number of anilines is 1. The maximum absolute atomic E-state index is 14.4. The first-order chi connectivity index (χ1) is 18.2. The Morgan fingerprint density at radius 2 is 1.89 bits per heavy atom. The van der Waals surface area contributed by atoms with E-state index in [-0.39, 0.29) is 31.6 Å². The highest BCUT2D eigenvalue weighted by Crippen LogP contribution is 2.63. The van der Waals surface area contributed by atoms with Crippen LogP contribution in [0.1, 0.15) is 45.4 Å². The van der Waals surface area contributed by atoms with E-state index in [2.05, 4.69) is 13.2 Å². The summed E-state index contributed by atoms with van der Waals surface area (Å²) in [4.78, 5) is 44.9. The van der Waals surface area contributed by atoms with Gasteiger partial charge in [-0.1, -0.05) is 43.2 Å². The van der Waals surface area contributed by atoms with Gasteiger partial charge in [0.2, 0.25) is 5.91 Å². The minimum Gasteiger partial charge on any atom is -0.461 e. The summed E-state index contributed by atoms with van der Waals surface area (Å²) in [5.41, 5.74) is -1.39. The van der Waals surface area contributed by atoms with E-state index >= 15 is 0 Å². The second-order valence-electron chi connectivity index (χ2n) is 10.5. The zero-order valence-corrected chi connectivity index (χ0v) is 22.7. The molecule has 0 radical (unpaired) electrons. The minimum absolute atomic E-state index is 0.0416. The predicted molar refractivity (Wildman–Crippen MR) is 145 cm³/mol. The second-order valence-corrected chi connectivity index (χ2v) is 11.0. The number of likely N-dealkylation sites (tertiary alicyclic amines) is 1. The van der Waals surface area contributed by atoms with Crippen LogP contribution in [-0.4, -0.2) is 71.3 Å². The van der Waals surface area contributed by atoms with Crippen molar-refractivity contribution in [1.82, 2.24) is 4.90 Å². The molecule has 2 amide bonds. The van der Waals surface area contributed by atoms with Gasteiger partial charge in [0.05, 0.1) is 11.5 Å². The molecule has 0 aliphatic carbocycles. The molecule has 3 aliphatic rings. The van der Waals surface area contributed by atoms with E-state index in [4.69, 9.17) is 26.2 Å². The minimum atomic E-state index is -1.13. The SMILES string of the molecule is C=CCOC(=O)[C@@H]1[C@H]2C(=O)N(CCCCCCO)C(C(=O)N(CC=C)c3ccc(Cl)cc3)C23CC[C@@]1(C)O3. The van der Waals surface area contributed by atoms with Gasteiger partial charge in [0.25, 0.3) is 5.91 Å². The summed E-state index contributed by atoms with van der Waals surface area (Å²) in [5, 5.41) is 9.67. The molecule has 2 unspecified atom stereocenters. The molecule has 3 heterocycles. The zero-order valence-electron chi connectivity index (χ0n) is 21.9. The van der Waals surface area contributed by atoms with E-state index in [0.29, 0.717) is 42.9 Å². The predicted octanol–water partition coefficient (Wildman–Crippen LogP) is 3.91. The van der Waals surface area contributed by atoms with E-state index in [1.165, 1.54) is 6.08 Å². The largest absolute Gasteiger partial charge is 0.461 e. The highest BCUT2D eigenvalue weighted by atomic mass is 35.5. The molecule has 3 aliphatic heterocycles. The van der Waals surface area contributed by atoms with Crippen molar-refractivity contribution in [2.45, 2.75) is 62.7 Å². The van der Waals surface area contributed by atoms with Gasteiger partial charge in [0.1, 0.15) is 24.2 Å². The molecule has 1 aromatic carbocycles. The van der Waals surface area contributed by atoms with Crippen molar-refractivity contribution < 1.29 is 29.0 Å². The Morgan fingerprint density at radius 1 is 1.18 bits per heavy atom. The lowest BCUT2D eigenvalue weighted by atomic mass is 9.66. The molecule has 4 rings (SSSR count). The molecule has 2 bridgehead atoms. The number of ether oxygens (including phenoxy) is 2. The van der Waals surface area contributed by atoms with Gasteiger partial charge in [0, 0.05) is 30.4 Å². The highest BCUT2D eigenvalue weighted by Gasteiger charge is 2.78. The summed E-state index contributed by atoms with van der Waals surface area (Å²) >= 11 is 6.09. The van der Waals surface area contributed by atoms with Crippen LogP contribution in [0.5, 0.6) is 0 Å². The standard InChI is InChI=1S/C29H37ClN2O6/c1-4-16-31(21-12-10-20(30)11-13-21)26(35)24-29-15-14-28(3,38-29)23(27(36)37-19-5-2)22(29)25(34)32(24)17-8-6-7-9-18-33/h4-5,10-13,22-24,33H,1-2,6-9,14-19H2,3H3/t22-,23-,24?,28+,29?/m0/s1. The number of rotatable bonds is 13. The molecule has 1 spiro atoms. The Hall–Kier alpha value is -2.68. The number of carbonyl (C=O) groups is 3. The molecule has 206 valence electrons. The number of nitrogens with zero attached hydrogens (tertiary/aromatic N) is 2.